The number of benzene rings is 1. The number of nitrogens with zero attached hydrogens (tertiary/aromatic N) is 1. The average molecular weight is 322 g/mol. The van der Waals surface area contributed by atoms with Crippen LogP contribution < -0.4 is 10.5 Å². The molecular weight excluding hydrogens is 292 g/mol. The number of ether oxygens (including phenoxy) is 2. The second-order valence-electron chi connectivity index (χ2n) is 6.12. The van der Waals surface area contributed by atoms with Crippen LogP contribution in [0.4, 0.5) is 5.69 Å². The van der Waals surface area contributed by atoms with E-state index in [0.717, 1.165) is 12.8 Å². The molecule has 0 aliphatic heterocycles. The zero-order valence-electron chi connectivity index (χ0n) is 15.0. The summed E-state index contributed by atoms with van der Waals surface area (Å²) in [7, 11) is 4.01. The number of rotatable bonds is 9. The number of carbonyl (C=O) groups excluding carboxylic acids is 1. The van der Waals surface area contributed by atoms with Crippen LogP contribution in [0, 0.1) is 5.92 Å². The molecule has 0 bridgehead atoms. The molecule has 2 atom stereocenters. The standard InChI is InChI=1S/C18H30N2O3/c1-6-10-22-17-11-14(19)8-9-15(17)18(21)23-12-16(20(4)5)13(3)7-2/h8-9,11,13,16H,6-7,10,12,19H2,1-5H3/t13?,16-/m1/s1. The van der Waals surface area contributed by atoms with E-state index >= 15 is 0 Å². The first-order valence-electron chi connectivity index (χ1n) is 8.26. The molecule has 1 rings (SSSR count). The third-order valence-corrected chi connectivity index (χ3v) is 4.04. The Kier molecular flexibility index (Phi) is 7.89. The first-order valence-corrected chi connectivity index (χ1v) is 8.26. The van der Waals surface area contributed by atoms with Crippen LogP contribution in [-0.4, -0.2) is 44.2 Å². The average Bonchev–Trinajstić information content (AvgIpc) is 2.52. The topological polar surface area (TPSA) is 64.8 Å². The van der Waals surface area contributed by atoms with Crippen molar-refractivity contribution in [1.29, 1.82) is 0 Å². The molecule has 0 saturated heterocycles. The summed E-state index contributed by atoms with van der Waals surface area (Å²) in [6.07, 6.45) is 1.90. The fourth-order valence-electron chi connectivity index (χ4n) is 2.37. The highest BCUT2D eigenvalue weighted by atomic mass is 16.5. The molecule has 0 heterocycles. The van der Waals surface area contributed by atoms with Gasteiger partial charge in [-0.2, -0.15) is 0 Å². The van der Waals surface area contributed by atoms with E-state index in [0.29, 0.717) is 36.1 Å². The van der Waals surface area contributed by atoms with E-state index in [9.17, 15) is 4.79 Å². The summed E-state index contributed by atoms with van der Waals surface area (Å²) >= 11 is 0. The van der Waals surface area contributed by atoms with E-state index in [1.54, 1.807) is 18.2 Å². The summed E-state index contributed by atoms with van der Waals surface area (Å²) in [6.45, 7) is 7.21. The maximum atomic E-state index is 12.4. The molecule has 0 aromatic heterocycles. The van der Waals surface area contributed by atoms with Crippen molar-refractivity contribution < 1.29 is 14.3 Å². The number of likely N-dealkylation sites (N-methyl/N-ethyl adjacent to an activating group) is 1. The van der Waals surface area contributed by atoms with Crippen LogP contribution in [0.25, 0.3) is 0 Å². The van der Waals surface area contributed by atoms with Gasteiger partial charge in [0.2, 0.25) is 0 Å². The van der Waals surface area contributed by atoms with Crippen LogP contribution in [0.15, 0.2) is 18.2 Å². The summed E-state index contributed by atoms with van der Waals surface area (Å²) in [5, 5.41) is 0. The first-order chi connectivity index (χ1) is 10.9. The van der Waals surface area contributed by atoms with Gasteiger partial charge >= 0.3 is 5.97 Å². The minimum absolute atomic E-state index is 0.192. The van der Waals surface area contributed by atoms with Crippen molar-refractivity contribution in [2.45, 2.75) is 39.7 Å². The number of nitrogens with two attached hydrogens (primary N) is 1. The number of anilines is 1. The van der Waals surface area contributed by atoms with Crippen LogP contribution in [0.5, 0.6) is 5.75 Å². The molecule has 0 aliphatic carbocycles. The van der Waals surface area contributed by atoms with E-state index in [2.05, 4.69) is 18.7 Å². The predicted molar refractivity (Wildman–Crippen MR) is 93.9 cm³/mol. The third-order valence-electron chi connectivity index (χ3n) is 4.04. The molecule has 1 unspecified atom stereocenters. The van der Waals surface area contributed by atoms with Gasteiger partial charge in [-0.25, -0.2) is 4.79 Å². The smallest absolute Gasteiger partial charge is 0.341 e. The number of hydrogen-bond acceptors (Lipinski definition) is 5. The van der Waals surface area contributed by atoms with E-state index in [4.69, 9.17) is 15.2 Å². The molecule has 5 nitrogen and oxygen atoms in total. The lowest BCUT2D eigenvalue weighted by Crippen LogP contribution is -2.38. The Morgan fingerprint density at radius 3 is 2.57 bits per heavy atom. The van der Waals surface area contributed by atoms with E-state index in [1.807, 2.05) is 21.0 Å². The van der Waals surface area contributed by atoms with Crippen LogP contribution in [0.1, 0.15) is 44.0 Å². The molecule has 0 saturated carbocycles. The van der Waals surface area contributed by atoms with Crippen molar-refractivity contribution in [3.05, 3.63) is 23.8 Å². The highest BCUT2D eigenvalue weighted by molar-refractivity contribution is 5.93. The van der Waals surface area contributed by atoms with Gasteiger partial charge in [-0.05, 0) is 38.6 Å². The maximum Gasteiger partial charge on any atom is 0.341 e. The predicted octanol–water partition coefficient (Wildman–Crippen LogP) is 3.19. The minimum Gasteiger partial charge on any atom is -0.493 e. The van der Waals surface area contributed by atoms with Crippen molar-refractivity contribution in [3.8, 4) is 5.75 Å². The van der Waals surface area contributed by atoms with Gasteiger partial charge in [0.15, 0.2) is 0 Å². The van der Waals surface area contributed by atoms with Gasteiger partial charge in [-0.15, -0.1) is 0 Å². The quantitative estimate of drug-likeness (QED) is 0.559. The van der Waals surface area contributed by atoms with Crippen molar-refractivity contribution in [2.75, 3.05) is 33.0 Å². The van der Waals surface area contributed by atoms with Crippen LogP contribution in [-0.2, 0) is 4.74 Å². The number of esters is 1. The molecule has 0 spiro atoms. The minimum atomic E-state index is -0.369. The highest BCUT2D eigenvalue weighted by Gasteiger charge is 2.22. The number of carbonyl (C=O) groups is 1. The van der Waals surface area contributed by atoms with Crippen LogP contribution in [0.3, 0.4) is 0 Å². The monoisotopic (exact) mass is 322 g/mol. The molecule has 1 aromatic carbocycles. The number of nitrogen functional groups attached to an aromatic ring is 1. The normalized spacial score (nSPS) is 13.7. The summed E-state index contributed by atoms with van der Waals surface area (Å²) in [5.74, 6) is 0.563. The Bertz CT molecular complexity index is 503. The molecule has 130 valence electrons. The zero-order valence-corrected chi connectivity index (χ0v) is 15.0. The fraction of sp³-hybridized carbons (Fsp3) is 0.611. The third kappa shape index (κ3) is 5.75. The van der Waals surface area contributed by atoms with Gasteiger partial charge in [0.05, 0.1) is 6.61 Å². The van der Waals surface area contributed by atoms with Crippen LogP contribution >= 0.6 is 0 Å². The van der Waals surface area contributed by atoms with E-state index < -0.39 is 0 Å². The highest BCUT2D eigenvalue weighted by Crippen LogP contribution is 2.23. The van der Waals surface area contributed by atoms with Gasteiger partial charge in [0, 0.05) is 17.8 Å². The molecule has 5 heteroatoms. The molecule has 0 aliphatic rings. The first kappa shape index (κ1) is 19.3. The van der Waals surface area contributed by atoms with E-state index in [1.165, 1.54) is 0 Å². The summed E-state index contributed by atoms with van der Waals surface area (Å²) < 4.78 is 11.2. The lowest BCUT2D eigenvalue weighted by molar-refractivity contribution is 0.0332. The van der Waals surface area contributed by atoms with Gasteiger partial charge < -0.3 is 20.1 Å². The molecule has 0 radical (unpaired) electrons. The molecule has 23 heavy (non-hydrogen) atoms. The maximum absolute atomic E-state index is 12.4. The summed E-state index contributed by atoms with van der Waals surface area (Å²) in [6, 6.07) is 5.21. The van der Waals surface area contributed by atoms with Gasteiger partial charge in [-0.3, -0.25) is 0 Å². The second kappa shape index (κ2) is 9.40. The Morgan fingerprint density at radius 2 is 2.00 bits per heavy atom. The lowest BCUT2D eigenvalue weighted by Gasteiger charge is -2.29. The number of hydrogen-bond donors (Lipinski definition) is 1. The van der Waals surface area contributed by atoms with Crippen molar-refractivity contribution in [3.63, 3.8) is 0 Å². The zero-order chi connectivity index (χ0) is 17.4. The lowest BCUT2D eigenvalue weighted by atomic mass is 9.99. The van der Waals surface area contributed by atoms with Gasteiger partial charge in [0.25, 0.3) is 0 Å². The molecule has 2 N–H and O–H groups in total. The van der Waals surface area contributed by atoms with Crippen molar-refractivity contribution >= 4 is 11.7 Å². The largest absolute Gasteiger partial charge is 0.493 e. The van der Waals surface area contributed by atoms with Crippen molar-refractivity contribution in [2.24, 2.45) is 5.92 Å². The Morgan fingerprint density at radius 1 is 1.30 bits per heavy atom. The summed E-state index contributed by atoms with van der Waals surface area (Å²) in [5.41, 5.74) is 6.77. The molecule has 0 fully saturated rings. The SMILES string of the molecule is CCCOc1cc(N)ccc1C(=O)OC[C@H](C(C)CC)N(C)C. The Hall–Kier alpha value is -1.75. The summed E-state index contributed by atoms with van der Waals surface area (Å²) in [4.78, 5) is 14.5. The Labute approximate surface area is 139 Å². The molecule has 1 aromatic rings. The Balaban J connectivity index is 2.80. The fourth-order valence-corrected chi connectivity index (χ4v) is 2.37. The van der Waals surface area contributed by atoms with Gasteiger partial charge in [-0.1, -0.05) is 27.2 Å². The molecule has 0 amide bonds. The molecular formula is C18H30N2O3. The second-order valence-corrected chi connectivity index (χ2v) is 6.12. The van der Waals surface area contributed by atoms with Crippen LogP contribution in [0.2, 0.25) is 0 Å². The van der Waals surface area contributed by atoms with E-state index in [-0.39, 0.29) is 12.0 Å². The van der Waals surface area contributed by atoms with Gasteiger partial charge in [0.1, 0.15) is 17.9 Å². The van der Waals surface area contributed by atoms with Crippen molar-refractivity contribution in [1.82, 2.24) is 4.90 Å².